The first-order valence-electron chi connectivity index (χ1n) is 9.62. The van der Waals surface area contributed by atoms with Gasteiger partial charge < -0.3 is 9.26 Å². The molecule has 9 heteroatoms. The summed E-state index contributed by atoms with van der Waals surface area (Å²) in [7, 11) is -1.63. The van der Waals surface area contributed by atoms with Gasteiger partial charge in [0.2, 0.25) is 10.0 Å². The van der Waals surface area contributed by atoms with Crippen LogP contribution in [0, 0.1) is 13.8 Å². The normalized spacial score (nSPS) is 13.0. The van der Waals surface area contributed by atoms with Gasteiger partial charge in [-0.15, -0.1) is 0 Å². The minimum absolute atomic E-state index is 0.0883. The predicted octanol–water partition coefficient (Wildman–Crippen LogP) is 3.73. The van der Waals surface area contributed by atoms with Crippen LogP contribution < -0.4 is 9.46 Å². The average Bonchev–Trinajstić information content (AvgIpc) is 3.30. The van der Waals surface area contributed by atoms with E-state index in [4.69, 9.17) is 9.26 Å². The number of nitrogens with one attached hydrogen (secondary N) is 1. The van der Waals surface area contributed by atoms with E-state index < -0.39 is 10.0 Å². The van der Waals surface area contributed by atoms with Crippen LogP contribution in [0.1, 0.15) is 29.5 Å². The second kappa shape index (κ2) is 9.74. The van der Waals surface area contributed by atoms with Crippen molar-refractivity contribution in [3.05, 3.63) is 63.7 Å². The van der Waals surface area contributed by atoms with Crippen LogP contribution in [-0.4, -0.2) is 38.2 Å². The zero-order valence-corrected chi connectivity index (χ0v) is 19.2. The first kappa shape index (κ1) is 22.5. The summed E-state index contributed by atoms with van der Waals surface area (Å²) in [5, 5.41) is 7.94. The maximum atomic E-state index is 12.5. The summed E-state index contributed by atoms with van der Waals surface area (Å²) in [6.45, 7) is 6.82. The van der Waals surface area contributed by atoms with Crippen molar-refractivity contribution in [1.82, 2.24) is 14.8 Å². The number of aryl methyl sites for hydroxylation is 2. The highest BCUT2D eigenvalue weighted by molar-refractivity contribution is 7.89. The molecule has 0 saturated heterocycles. The van der Waals surface area contributed by atoms with E-state index >= 15 is 0 Å². The zero-order chi connectivity index (χ0) is 21.7. The largest absolute Gasteiger partial charge is 0.489 e. The summed E-state index contributed by atoms with van der Waals surface area (Å²) < 4.78 is 38.5. The maximum absolute atomic E-state index is 12.5. The van der Waals surface area contributed by atoms with Crippen molar-refractivity contribution in [2.75, 3.05) is 13.6 Å². The highest BCUT2D eigenvalue weighted by Gasteiger charge is 2.24. The lowest BCUT2D eigenvalue weighted by Gasteiger charge is -2.18. The zero-order valence-electron chi connectivity index (χ0n) is 17.6. The van der Waals surface area contributed by atoms with Crippen molar-refractivity contribution in [3.63, 3.8) is 0 Å². The molecule has 0 saturated carbocycles. The maximum Gasteiger partial charge on any atom is 0.246 e. The van der Waals surface area contributed by atoms with Crippen LogP contribution in [0.15, 0.2) is 50.5 Å². The van der Waals surface area contributed by atoms with Gasteiger partial charge >= 0.3 is 0 Å². The molecule has 3 rings (SSSR count). The Kier molecular flexibility index (Phi) is 7.30. The van der Waals surface area contributed by atoms with Crippen LogP contribution >= 0.6 is 11.3 Å². The Bertz CT molecular complexity index is 1040. The van der Waals surface area contributed by atoms with Crippen molar-refractivity contribution in [1.29, 1.82) is 0 Å². The fraction of sp³-hybridized carbons (Fsp3) is 0.381. The summed E-state index contributed by atoms with van der Waals surface area (Å²) >= 11 is 1.70. The fourth-order valence-electron chi connectivity index (χ4n) is 3.21. The molecule has 2 heterocycles. The molecule has 0 spiro atoms. The summed E-state index contributed by atoms with van der Waals surface area (Å²) in [5.74, 6) is 0.980. The van der Waals surface area contributed by atoms with Gasteiger partial charge in [0.1, 0.15) is 22.4 Å². The Morgan fingerprint density at radius 3 is 2.67 bits per heavy atom. The summed E-state index contributed by atoms with van der Waals surface area (Å²) in [5.41, 5.74) is 2.77. The molecule has 2 aromatic heterocycles. The number of aromatic nitrogens is 1. The van der Waals surface area contributed by atoms with Gasteiger partial charge in [0.15, 0.2) is 5.76 Å². The molecule has 0 aliphatic carbocycles. The number of nitrogens with zero attached hydrogens (tertiary/aromatic N) is 2. The van der Waals surface area contributed by atoms with Crippen molar-refractivity contribution in [2.45, 2.75) is 44.9 Å². The van der Waals surface area contributed by atoms with Gasteiger partial charge in [-0.25, -0.2) is 13.1 Å². The first-order valence-corrected chi connectivity index (χ1v) is 12.0. The van der Waals surface area contributed by atoms with Crippen LogP contribution in [0.2, 0.25) is 0 Å². The number of hydrogen-bond donors (Lipinski definition) is 1. The van der Waals surface area contributed by atoms with Crippen molar-refractivity contribution >= 4 is 21.4 Å². The molecule has 1 atom stereocenters. The lowest BCUT2D eigenvalue weighted by atomic mass is 10.2. The molecular formula is C21H27N3O4S2. The summed E-state index contributed by atoms with van der Waals surface area (Å²) in [6, 6.07) is 10.0. The second-order valence-electron chi connectivity index (χ2n) is 7.38. The number of rotatable bonds is 10. The Morgan fingerprint density at radius 1 is 1.23 bits per heavy atom. The number of thiophene rings is 1. The molecular weight excluding hydrogens is 422 g/mol. The first-order chi connectivity index (χ1) is 14.2. The van der Waals surface area contributed by atoms with Gasteiger partial charge in [0.05, 0.1) is 0 Å². The minimum Gasteiger partial charge on any atom is -0.489 e. The van der Waals surface area contributed by atoms with Crippen LogP contribution in [0.3, 0.4) is 0 Å². The lowest BCUT2D eigenvalue weighted by molar-refractivity contribution is 0.224. The molecule has 0 amide bonds. The van der Waals surface area contributed by atoms with Gasteiger partial charge in [-0.3, -0.25) is 4.90 Å². The molecule has 0 aliphatic heterocycles. The molecule has 0 fully saturated rings. The van der Waals surface area contributed by atoms with Gasteiger partial charge in [-0.05, 0) is 67.9 Å². The Hall–Kier alpha value is -2.20. The SMILES string of the molecule is Cc1noc(C)c1S(=O)(=O)NC[C@H](C)Oc1cccc(CN(C)Cc2ccsc2)c1. The fourth-order valence-corrected chi connectivity index (χ4v) is 5.31. The number of benzene rings is 1. The van der Waals surface area contributed by atoms with E-state index in [-0.39, 0.29) is 23.3 Å². The third kappa shape index (κ3) is 5.91. The topological polar surface area (TPSA) is 84.7 Å². The summed E-state index contributed by atoms with van der Waals surface area (Å²) in [6.07, 6.45) is -0.348. The standard InChI is InChI=1S/C21H27N3O4S2/c1-15(11-22-30(25,26)21-16(2)23-28-17(21)3)27-20-7-5-6-18(10-20)12-24(4)13-19-8-9-29-14-19/h5-10,14-15,22H,11-13H2,1-4H3/t15-/m0/s1. The molecule has 162 valence electrons. The molecule has 30 heavy (non-hydrogen) atoms. The monoisotopic (exact) mass is 449 g/mol. The molecule has 0 bridgehead atoms. The van der Waals surface area contributed by atoms with Gasteiger partial charge in [0, 0.05) is 19.6 Å². The number of ether oxygens (including phenoxy) is 1. The van der Waals surface area contributed by atoms with E-state index in [0.29, 0.717) is 11.4 Å². The van der Waals surface area contributed by atoms with Gasteiger partial charge in [-0.2, -0.15) is 11.3 Å². The van der Waals surface area contributed by atoms with E-state index in [1.54, 1.807) is 25.2 Å². The lowest BCUT2D eigenvalue weighted by Crippen LogP contribution is -2.34. The quantitative estimate of drug-likeness (QED) is 0.508. The van der Waals surface area contributed by atoms with E-state index in [2.05, 4.69) is 44.7 Å². The number of hydrogen-bond acceptors (Lipinski definition) is 7. The van der Waals surface area contributed by atoms with E-state index in [9.17, 15) is 8.42 Å². The van der Waals surface area contributed by atoms with Crippen molar-refractivity contribution < 1.29 is 17.7 Å². The molecule has 7 nitrogen and oxygen atoms in total. The molecule has 1 N–H and O–H groups in total. The predicted molar refractivity (Wildman–Crippen MR) is 117 cm³/mol. The van der Waals surface area contributed by atoms with E-state index in [1.165, 1.54) is 5.56 Å². The minimum atomic E-state index is -3.71. The second-order valence-corrected chi connectivity index (χ2v) is 9.87. The molecule has 0 aliphatic rings. The van der Waals surface area contributed by atoms with E-state index in [0.717, 1.165) is 18.7 Å². The number of sulfonamides is 1. The molecule has 0 unspecified atom stereocenters. The van der Waals surface area contributed by atoms with E-state index in [1.807, 2.05) is 25.1 Å². The molecule has 3 aromatic rings. The van der Waals surface area contributed by atoms with Crippen LogP contribution in [-0.2, 0) is 23.1 Å². The highest BCUT2D eigenvalue weighted by atomic mass is 32.2. The van der Waals surface area contributed by atoms with Crippen LogP contribution in [0.5, 0.6) is 5.75 Å². The summed E-state index contributed by atoms with van der Waals surface area (Å²) in [4.78, 5) is 2.33. The molecule has 0 radical (unpaired) electrons. The highest BCUT2D eigenvalue weighted by Crippen LogP contribution is 2.20. The average molecular weight is 450 g/mol. The van der Waals surface area contributed by atoms with Crippen LogP contribution in [0.25, 0.3) is 0 Å². The Balaban J connectivity index is 1.55. The molecule has 1 aromatic carbocycles. The van der Waals surface area contributed by atoms with Gasteiger partial charge in [-0.1, -0.05) is 17.3 Å². The van der Waals surface area contributed by atoms with Crippen LogP contribution in [0.4, 0.5) is 0 Å². The third-order valence-corrected chi connectivity index (χ3v) is 6.92. The smallest absolute Gasteiger partial charge is 0.246 e. The van der Waals surface area contributed by atoms with Crippen molar-refractivity contribution in [3.8, 4) is 5.75 Å². The van der Waals surface area contributed by atoms with Gasteiger partial charge in [0.25, 0.3) is 0 Å². The third-order valence-electron chi connectivity index (χ3n) is 4.52. The Morgan fingerprint density at radius 2 is 2.00 bits per heavy atom. The Labute approximate surface area is 181 Å². The van der Waals surface area contributed by atoms with Crippen molar-refractivity contribution in [2.24, 2.45) is 0 Å².